The van der Waals surface area contributed by atoms with Crippen LogP contribution in [0.15, 0.2) is 64.8 Å². The minimum Gasteiger partial charge on any atom is -0.492 e. The highest BCUT2D eigenvalue weighted by Crippen LogP contribution is 2.38. The molecule has 7 nitrogen and oxygen atoms in total. The number of thioether (sulfide) groups is 1. The van der Waals surface area contributed by atoms with Crippen LogP contribution in [0.1, 0.15) is 6.92 Å². The fourth-order valence-corrected chi connectivity index (χ4v) is 4.90. The maximum absolute atomic E-state index is 14.2. The second-order valence-corrected chi connectivity index (χ2v) is 9.57. The van der Waals surface area contributed by atoms with Gasteiger partial charge in [0.1, 0.15) is 27.4 Å². The zero-order chi connectivity index (χ0) is 29.1. The standard InChI is InChI=1S/C26H18ClF5N4O3S/c1-2-39-14-9-4-3-8-13(14)35-26-15(24(37)34-12-7-5-6-11(27)10-12)21(33)23(40-26)25(38)36-22-19(31)17(29)16(28)18(30)20(22)32/h3-10,23H,2,33H2,1H3,(H,34,37)(H,36,38)/t23-/m0/s1. The maximum atomic E-state index is 14.2. The molecule has 3 aromatic rings. The van der Waals surface area contributed by atoms with Gasteiger partial charge in [-0.2, -0.15) is 0 Å². The first-order valence-corrected chi connectivity index (χ1v) is 12.7. The third-order valence-corrected chi connectivity index (χ3v) is 6.86. The maximum Gasteiger partial charge on any atom is 0.260 e. The van der Waals surface area contributed by atoms with Crippen LogP contribution in [0.2, 0.25) is 5.02 Å². The Morgan fingerprint density at radius 3 is 2.27 bits per heavy atom. The van der Waals surface area contributed by atoms with E-state index < -0.39 is 51.8 Å². The van der Waals surface area contributed by atoms with Gasteiger partial charge >= 0.3 is 0 Å². The number of nitrogens with one attached hydrogen (secondary N) is 2. The summed E-state index contributed by atoms with van der Waals surface area (Å²) in [6, 6.07) is 12.7. The van der Waals surface area contributed by atoms with Crippen molar-refractivity contribution in [3.63, 3.8) is 0 Å². The first kappa shape index (κ1) is 28.9. The molecule has 4 rings (SSSR count). The van der Waals surface area contributed by atoms with Crippen LogP contribution in [0.5, 0.6) is 5.75 Å². The molecule has 40 heavy (non-hydrogen) atoms. The third kappa shape index (κ3) is 5.75. The first-order chi connectivity index (χ1) is 19.0. The highest BCUT2D eigenvalue weighted by atomic mass is 35.5. The predicted octanol–water partition coefficient (Wildman–Crippen LogP) is 6.07. The van der Waals surface area contributed by atoms with E-state index in [9.17, 15) is 31.5 Å². The number of ether oxygens (including phenoxy) is 1. The molecule has 1 atom stereocenters. The Kier molecular flexibility index (Phi) is 8.64. The number of amides is 2. The lowest BCUT2D eigenvalue weighted by atomic mass is 10.1. The fourth-order valence-electron chi connectivity index (χ4n) is 3.59. The van der Waals surface area contributed by atoms with Gasteiger partial charge in [-0.25, -0.2) is 26.9 Å². The van der Waals surface area contributed by atoms with E-state index in [0.29, 0.717) is 29.1 Å². The summed E-state index contributed by atoms with van der Waals surface area (Å²) < 4.78 is 74.7. The lowest BCUT2D eigenvalue weighted by molar-refractivity contribution is -0.115. The minimum absolute atomic E-state index is 0.0678. The van der Waals surface area contributed by atoms with E-state index in [2.05, 4.69) is 10.3 Å². The molecular formula is C26H18ClF5N4O3S. The Labute approximate surface area is 233 Å². The Bertz CT molecular complexity index is 1550. The number of hydrogen-bond donors (Lipinski definition) is 3. The Morgan fingerprint density at radius 2 is 1.62 bits per heavy atom. The van der Waals surface area contributed by atoms with Gasteiger partial charge in [0.25, 0.3) is 5.91 Å². The van der Waals surface area contributed by atoms with Crippen molar-refractivity contribution in [1.82, 2.24) is 0 Å². The van der Waals surface area contributed by atoms with Crippen molar-refractivity contribution in [2.75, 3.05) is 17.2 Å². The molecule has 0 aliphatic carbocycles. The van der Waals surface area contributed by atoms with Gasteiger partial charge in [-0.05, 0) is 37.3 Å². The zero-order valence-electron chi connectivity index (χ0n) is 20.3. The number of carbonyl (C=O) groups excluding carboxylic acids is 2. The molecule has 0 saturated carbocycles. The van der Waals surface area contributed by atoms with Crippen LogP contribution in [0.3, 0.4) is 0 Å². The summed E-state index contributed by atoms with van der Waals surface area (Å²) in [5.74, 6) is -13.1. The molecule has 208 valence electrons. The van der Waals surface area contributed by atoms with E-state index >= 15 is 0 Å². The van der Waals surface area contributed by atoms with Crippen LogP contribution in [0, 0.1) is 29.1 Å². The third-order valence-electron chi connectivity index (χ3n) is 5.41. The van der Waals surface area contributed by atoms with Gasteiger partial charge in [0.05, 0.1) is 12.2 Å². The van der Waals surface area contributed by atoms with Crippen LogP contribution in [-0.2, 0) is 9.59 Å². The second kappa shape index (κ2) is 12.0. The number of nitrogens with two attached hydrogens (primary N) is 1. The molecule has 0 saturated heterocycles. The van der Waals surface area contributed by atoms with Crippen molar-refractivity contribution in [2.24, 2.45) is 10.7 Å². The lowest BCUT2D eigenvalue weighted by Gasteiger charge is -2.13. The van der Waals surface area contributed by atoms with Gasteiger partial charge in [-0.1, -0.05) is 41.6 Å². The summed E-state index contributed by atoms with van der Waals surface area (Å²) in [5, 5.41) is 2.99. The summed E-state index contributed by atoms with van der Waals surface area (Å²) in [6.45, 7) is 2.04. The summed E-state index contributed by atoms with van der Waals surface area (Å²) in [4.78, 5) is 30.8. The number of hydrogen-bond acceptors (Lipinski definition) is 6. The minimum atomic E-state index is -2.38. The van der Waals surface area contributed by atoms with Gasteiger partial charge in [0.15, 0.2) is 23.3 Å². The monoisotopic (exact) mass is 596 g/mol. The number of anilines is 2. The van der Waals surface area contributed by atoms with E-state index in [1.807, 2.05) is 0 Å². The summed E-state index contributed by atoms with van der Waals surface area (Å²) in [6.07, 6.45) is 0. The molecule has 0 radical (unpaired) electrons. The van der Waals surface area contributed by atoms with E-state index in [1.54, 1.807) is 48.6 Å². The molecule has 14 heteroatoms. The number of para-hydroxylation sites is 2. The van der Waals surface area contributed by atoms with Crippen LogP contribution in [0.4, 0.5) is 39.0 Å². The van der Waals surface area contributed by atoms with Crippen LogP contribution in [-0.4, -0.2) is 28.7 Å². The molecule has 4 N–H and O–H groups in total. The van der Waals surface area contributed by atoms with Crippen molar-refractivity contribution in [2.45, 2.75) is 12.2 Å². The Balaban J connectivity index is 1.75. The molecule has 1 heterocycles. The van der Waals surface area contributed by atoms with Crippen molar-refractivity contribution < 1.29 is 36.3 Å². The van der Waals surface area contributed by atoms with Gasteiger partial charge in [-0.15, -0.1) is 0 Å². The smallest absolute Gasteiger partial charge is 0.260 e. The van der Waals surface area contributed by atoms with Crippen molar-refractivity contribution >= 4 is 57.3 Å². The fraction of sp³-hybridized carbons (Fsp3) is 0.115. The van der Waals surface area contributed by atoms with Crippen LogP contribution >= 0.6 is 23.4 Å². The average molecular weight is 597 g/mol. The van der Waals surface area contributed by atoms with E-state index in [0.717, 1.165) is 0 Å². The number of aliphatic imine (C=N–C) groups is 1. The van der Waals surface area contributed by atoms with E-state index in [1.165, 1.54) is 12.1 Å². The van der Waals surface area contributed by atoms with Crippen molar-refractivity contribution in [3.8, 4) is 5.75 Å². The normalized spacial score (nSPS) is 15.9. The summed E-state index contributed by atoms with van der Waals surface area (Å²) in [5.41, 5.74) is 4.53. The second-order valence-electron chi connectivity index (χ2n) is 8.04. The summed E-state index contributed by atoms with van der Waals surface area (Å²) >= 11 is 6.61. The summed E-state index contributed by atoms with van der Waals surface area (Å²) in [7, 11) is 0. The molecule has 0 spiro atoms. The number of carbonyl (C=O) groups is 2. The van der Waals surface area contributed by atoms with Gasteiger partial charge in [-0.3, -0.25) is 9.59 Å². The van der Waals surface area contributed by atoms with Gasteiger partial charge in [0.2, 0.25) is 11.7 Å². The molecule has 0 fully saturated rings. The van der Waals surface area contributed by atoms with Gasteiger partial charge < -0.3 is 21.1 Å². The van der Waals surface area contributed by atoms with Gasteiger partial charge in [0, 0.05) is 16.4 Å². The highest BCUT2D eigenvalue weighted by Gasteiger charge is 2.40. The molecule has 1 aliphatic rings. The Hall–Kier alpha value is -4.10. The molecule has 2 amide bonds. The zero-order valence-corrected chi connectivity index (χ0v) is 21.9. The quantitative estimate of drug-likeness (QED) is 0.174. The van der Waals surface area contributed by atoms with Crippen LogP contribution < -0.4 is 21.1 Å². The highest BCUT2D eigenvalue weighted by molar-refractivity contribution is 8.16. The largest absolute Gasteiger partial charge is 0.492 e. The molecule has 0 bridgehead atoms. The lowest BCUT2D eigenvalue weighted by Crippen LogP contribution is -2.30. The molecule has 3 aromatic carbocycles. The predicted molar refractivity (Wildman–Crippen MR) is 142 cm³/mol. The molecule has 0 unspecified atom stereocenters. The molecule has 0 aromatic heterocycles. The average Bonchev–Trinajstić information content (AvgIpc) is 3.25. The SMILES string of the molecule is CCOc1ccccc1N=C1S[C@H](C(=O)Nc2c(F)c(F)c(F)c(F)c2F)C(N)=C1C(=O)Nc1cccc(Cl)c1. The van der Waals surface area contributed by atoms with Crippen molar-refractivity contribution in [1.29, 1.82) is 0 Å². The molecule has 1 aliphatic heterocycles. The van der Waals surface area contributed by atoms with Crippen molar-refractivity contribution in [3.05, 3.63) is 93.9 Å². The first-order valence-electron chi connectivity index (χ1n) is 11.4. The molecular weight excluding hydrogens is 579 g/mol. The number of halogens is 6. The number of benzene rings is 3. The van der Waals surface area contributed by atoms with E-state index in [4.69, 9.17) is 22.1 Å². The number of rotatable bonds is 7. The van der Waals surface area contributed by atoms with E-state index in [-0.39, 0.29) is 27.7 Å². The van der Waals surface area contributed by atoms with Crippen LogP contribution in [0.25, 0.3) is 0 Å². The Morgan fingerprint density at radius 1 is 0.975 bits per heavy atom. The number of nitrogens with zero attached hydrogens (tertiary/aromatic N) is 1. The topological polar surface area (TPSA) is 106 Å².